The second kappa shape index (κ2) is 3.80. The molecule has 1 heterocycles. The van der Waals surface area contributed by atoms with Gasteiger partial charge in [0.05, 0.1) is 12.4 Å². The van der Waals surface area contributed by atoms with Crippen LogP contribution < -0.4 is 0 Å². The minimum absolute atomic E-state index is 0.279. The second-order valence-corrected chi connectivity index (χ2v) is 4.36. The molecule has 2 heteroatoms. The van der Waals surface area contributed by atoms with Crippen LogP contribution in [0.2, 0.25) is 0 Å². The molecule has 2 atom stereocenters. The summed E-state index contributed by atoms with van der Waals surface area (Å²) in [6.45, 7) is 0. The van der Waals surface area contributed by atoms with Crippen molar-refractivity contribution < 1.29 is 9.52 Å². The highest BCUT2D eigenvalue weighted by Gasteiger charge is 2.31. The Bertz CT molecular complexity index is 473. The van der Waals surface area contributed by atoms with Crippen molar-refractivity contribution in [2.75, 3.05) is 0 Å². The van der Waals surface area contributed by atoms with Crippen molar-refractivity contribution in [3.8, 4) is 0 Å². The Kier molecular flexibility index (Phi) is 2.29. The minimum atomic E-state index is -0.332. The maximum atomic E-state index is 10.1. The summed E-state index contributed by atoms with van der Waals surface area (Å²) in [5.74, 6) is 1.14. The van der Waals surface area contributed by atoms with E-state index in [1.165, 1.54) is 11.1 Å². The van der Waals surface area contributed by atoms with Crippen LogP contribution in [-0.2, 0) is 12.8 Å². The molecule has 0 fully saturated rings. The van der Waals surface area contributed by atoms with E-state index >= 15 is 0 Å². The number of hydrogen-bond donors (Lipinski definition) is 1. The number of benzene rings is 1. The molecule has 0 saturated carbocycles. The molecular weight excluding hydrogens is 200 g/mol. The average molecular weight is 214 g/mol. The molecule has 0 amide bonds. The van der Waals surface area contributed by atoms with Gasteiger partial charge in [0.1, 0.15) is 5.76 Å². The van der Waals surface area contributed by atoms with Gasteiger partial charge in [-0.1, -0.05) is 24.3 Å². The van der Waals surface area contributed by atoms with Gasteiger partial charge in [0.15, 0.2) is 0 Å². The normalized spacial score (nSPS) is 19.9. The number of aliphatic hydroxyl groups excluding tert-OH is 1. The van der Waals surface area contributed by atoms with Crippen LogP contribution in [0.3, 0.4) is 0 Å². The Hall–Kier alpha value is -1.54. The van der Waals surface area contributed by atoms with Crippen molar-refractivity contribution in [1.82, 2.24) is 0 Å². The number of furan rings is 1. The molecule has 0 aliphatic heterocycles. The van der Waals surface area contributed by atoms with E-state index in [0.29, 0.717) is 6.42 Å². The fourth-order valence-corrected chi connectivity index (χ4v) is 2.42. The van der Waals surface area contributed by atoms with Crippen LogP contribution >= 0.6 is 0 Å². The van der Waals surface area contributed by atoms with Crippen LogP contribution in [0.5, 0.6) is 0 Å². The first kappa shape index (κ1) is 9.67. The first-order valence-corrected chi connectivity index (χ1v) is 5.63. The topological polar surface area (TPSA) is 33.4 Å². The number of aliphatic hydroxyl groups is 1. The summed E-state index contributed by atoms with van der Waals surface area (Å²) in [5, 5.41) is 10.1. The van der Waals surface area contributed by atoms with E-state index in [9.17, 15) is 5.11 Å². The van der Waals surface area contributed by atoms with Crippen molar-refractivity contribution in [1.29, 1.82) is 0 Å². The Balaban J connectivity index is 1.72. The van der Waals surface area contributed by atoms with Crippen LogP contribution in [0.1, 0.15) is 22.8 Å². The number of rotatable bonds is 3. The quantitative estimate of drug-likeness (QED) is 0.851. The lowest BCUT2D eigenvalue weighted by molar-refractivity contribution is 0.127. The molecule has 1 N–H and O–H groups in total. The molecule has 2 unspecified atom stereocenters. The third-order valence-corrected chi connectivity index (χ3v) is 3.35. The molecule has 3 rings (SSSR count). The van der Waals surface area contributed by atoms with E-state index in [1.807, 2.05) is 24.3 Å². The Morgan fingerprint density at radius 1 is 1.25 bits per heavy atom. The highest BCUT2D eigenvalue weighted by atomic mass is 16.3. The van der Waals surface area contributed by atoms with Crippen LogP contribution in [0.25, 0.3) is 0 Å². The zero-order chi connectivity index (χ0) is 11.0. The molecule has 1 aliphatic carbocycles. The van der Waals surface area contributed by atoms with Gasteiger partial charge in [-0.2, -0.15) is 0 Å². The SMILES string of the molecule is OC(Cc1ccco1)C1Cc2ccccc21. The first-order chi connectivity index (χ1) is 7.84. The summed E-state index contributed by atoms with van der Waals surface area (Å²) in [7, 11) is 0. The van der Waals surface area contributed by atoms with E-state index in [2.05, 4.69) is 12.1 Å². The summed E-state index contributed by atoms with van der Waals surface area (Å²) < 4.78 is 5.25. The molecule has 1 aliphatic rings. The highest BCUT2D eigenvalue weighted by molar-refractivity contribution is 5.40. The van der Waals surface area contributed by atoms with Gasteiger partial charge in [-0.15, -0.1) is 0 Å². The van der Waals surface area contributed by atoms with E-state index < -0.39 is 0 Å². The summed E-state index contributed by atoms with van der Waals surface area (Å²) in [6, 6.07) is 12.1. The zero-order valence-electron chi connectivity index (χ0n) is 8.97. The monoisotopic (exact) mass is 214 g/mol. The van der Waals surface area contributed by atoms with Gasteiger partial charge in [0, 0.05) is 12.3 Å². The van der Waals surface area contributed by atoms with Gasteiger partial charge in [-0.25, -0.2) is 0 Å². The molecular formula is C14H14O2. The average Bonchev–Trinajstić information content (AvgIpc) is 2.72. The number of fused-ring (bicyclic) bond motifs is 1. The maximum Gasteiger partial charge on any atom is 0.106 e. The standard InChI is InChI=1S/C14H14O2/c15-14(9-11-5-3-7-16-11)13-8-10-4-1-2-6-12(10)13/h1-7,13-15H,8-9H2. The van der Waals surface area contributed by atoms with Crippen LogP contribution in [-0.4, -0.2) is 11.2 Å². The second-order valence-electron chi connectivity index (χ2n) is 4.36. The van der Waals surface area contributed by atoms with Crippen molar-refractivity contribution in [2.24, 2.45) is 0 Å². The molecule has 0 bridgehead atoms. The van der Waals surface area contributed by atoms with E-state index in [4.69, 9.17) is 4.42 Å². The van der Waals surface area contributed by atoms with Gasteiger partial charge in [0.2, 0.25) is 0 Å². The van der Waals surface area contributed by atoms with E-state index in [-0.39, 0.29) is 12.0 Å². The molecule has 0 radical (unpaired) electrons. The smallest absolute Gasteiger partial charge is 0.106 e. The van der Waals surface area contributed by atoms with E-state index in [0.717, 1.165) is 12.2 Å². The lowest BCUT2D eigenvalue weighted by Crippen LogP contribution is -2.30. The number of hydrogen-bond acceptors (Lipinski definition) is 2. The van der Waals surface area contributed by atoms with Crippen LogP contribution in [0.15, 0.2) is 47.1 Å². The third-order valence-electron chi connectivity index (χ3n) is 3.35. The molecule has 2 aromatic rings. The molecule has 0 spiro atoms. The summed E-state index contributed by atoms with van der Waals surface area (Å²) in [4.78, 5) is 0. The van der Waals surface area contributed by atoms with Crippen molar-refractivity contribution in [3.05, 3.63) is 59.5 Å². The first-order valence-electron chi connectivity index (χ1n) is 5.63. The fraction of sp³-hybridized carbons (Fsp3) is 0.286. The molecule has 2 nitrogen and oxygen atoms in total. The third kappa shape index (κ3) is 1.55. The Morgan fingerprint density at radius 3 is 2.88 bits per heavy atom. The van der Waals surface area contributed by atoms with Crippen molar-refractivity contribution in [3.63, 3.8) is 0 Å². The zero-order valence-corrected chi connectivity index (χ0v) is 8.97. The van der Waals surface area contributed by atoms with Gasteiger partial charge in [0.25, 0.3) is 0 Å². The highest BCUT2D eigenvalue weighted by Crippen LogP contribution is 2.38. The van der Waals surface area contributed by atoms with Gasteiger partial charge < -0.3 is 9.52 Å². The van der Waals surface area contributed by atoms with E-state index in [1.54, 1.807) is 6.26 Å². The summed E-state index contributed by atoms with van der Waals surface area (Å²) >= 11 is 0. The Labute approximate surface area is 94.5 Å². The molecule has 16 heavy (non-hydrogen) atoms. The van der Waals surface area contributed by atoms with Gasteiger partial charge >= 0.3 is 0 Å². The van der Waals surface area contributed by atoms with Crippen molar-refractivity contribution >= 4 is 0 Å². The summed E-state index contributed by atoms with van der Waals surface area (Å²) in [6.07, 6.45) is 2.90. The predicted molar refractivity (Wildman–Crippen MR) is 61.3 cm³/mol. The van der Waals surface area contributed by atoms with Gasteiger partial charge in [-0.3, -0.25) is 0 Å². The lowest BCUT2D eigenvalue weighted by Gasteiger charge is -2.33. The minimum Gasteiger partial charge on any atom is -0.469 e. The predicted octanol–water partition coefficient (Wildman–Crippen LogP) is 2.52. The lowest BCUT2D eigenvalue weighted by atomic mass is 9.73. The van der Waals surface area contributed by atoms with Crippen LogP contribution in [0, 0.1) is 0 Å². The molecule has 1 aromatic carbocycles. The molecule has 82 valence electrons. The largest absolute Gasteiger partial charge is 0.469 e. The van der Waals surface area contributed by atoms with Crippen LogP contribution in [0.4, 0.5) is 0 Å². The fourth-order valence-electron chi connectivity index (χ4n) is 2.42. The molecule has 0 saturated heterocycles. The molecule has 1 aromatic heterocycles. The Morgan fingerprint density at radius 2 is 2.12 bits per heavy atom. The van der Waals surface area contributed by atoms with Crippen molar-refractivity contribution in [2.45, 2.75) is 24.9 Å². The van der Waals surface area contributed by atoms with Gasteiger partial charge in [-0.05, 0) is 29.7 Å². The summed E-state index contributed by atoms with van der Waals surface area (Å²) in [5.41, 5.74) is 2.66. The maximum absolute atomic E-state index is 10.1.